The number of aromatic nitrogens is 4. The van der Waals surface area contributed by atoms with E-state index in [-0.39, 0.29) is 5.97 Å². The number of hydrogen-bond donors (Lipinski definition) is 0. The molecule has 4 aromatic rings. The van der Waals surface area contributed by atoms with Crippen molar-refractivity contribution in [1.82, 2.24) is 18.9 Å². The van der Waals surface area contributed by atoms with Gasteiger partial charge in [-0.05, 0) is 37.8 Å². The summed E-state index contributed by atoms with van der Waals surface area (Å²) in [5, 5.41) is 0.853. The number of aryl methyl sites for hydroxylation is 1. The maximum atomic E-state index is 12.4. The fourth-order valence-electron chi connectivity index (χ4n) is 4.93. The highest BCUT2D eigenvalue weighted by Crippen LogP contribution is 2.38. The molecule has 0 N–H and O–H groups in total. The van der Waals surface area contributed by atoms with E-state index >= 15 is 0 Å². The number of nitrogens with zero attached hydrogens (tertiary/aromatic N) is 4. The number of imidazole rings is 1. The van der Waals surface area contributed by atoms with E-state index in [0.29, 0.717) is 18.2 Å². The third kappa shape index (κ3) is 3.48. The van der Waals surface area contributed by atoms with Crippen LogP contribution < -0.4 is 4.74 Å². The molecule has 6 nitrogen and oxygen atoms in total. The van der Waals surface area contributed by atoms with Gasteiger partial charge in [0.15, 0.2) is 11.4 Å². The first kappa shape index (κ1) is 20.0. The number of para-hydroxylation sites is 2. The lowest BCUT2D eigenvalue weighted by atomic mass is 9.95. The number of esters is 1. The lowest BCUT2D eigenvalue weighted by Gasteiger charge is -2.23. The standard InChI is InChI=1S/C25H30N4O2/c1-3-10-21-27-24-23(25-26-18-14-8-9-15-19(18)29(21)25)20(31-22(30)11-4-2)16-28(24)17-12-6-5-7-13-17/h8-9,14-17H,3-7,10-13H2,1-2H3. The summed E-state index contributed by atoms with van der Waals surface area (Å²) in [6.45, 7) is 4.17. The second kappa shape index (κ2) is 8.33. The Morgan fingerprint density at radius 3 is 2.65 bits per heavy atom. The van der Waals surface area contributed by atoms with Crippen molar-refractivity contribution < 1.29 is 9.53 Å². The van der Waals surface area contributed by atoms with Gasteiger partial charge in [0.25, 0.3) is 0 Å². The molecule has 0 atom stereocenters. The monoisotopic (exact) mass is 418 g/mol. The van der Waals surface area contributed by atoms with Crippen molar-refractivity contribution in [3.8, 4) is 5.75 Å². The first-order valence-corrected chi connectivity index (χ1v) is 11.7. The second-order valence-electron chi connectivity index (χ2n) is 8.65. The van der Waals surface area contributed by atoms with Crippen LogP contribution in [-0.4, -0.2) is 24.9 Å². The second-order valence-corrected chi connectivity index (χ2v) is 8.65. The molecule has 0 amide bonds. The maximum Gasteiger partial charge on any atom is 0.311 e. The average molecular weight is 419 g/mol. The number of hydrogen-bond acceptors (Lipinski definition) is 4. The van der Waals surface area contributed by atoms with E-state index in [1.807, 2.05) is 31.3 Å². The summed E-state index contributed by atoms with van der Waals surface area (Å²) < 4.78 is 10.3. The Hall–Kier alpha value is -2.89. The summed E-state index contributed by atoms with van der Waals surface area (Å²) in [5.74, 6) is 1.41. The molecule has 0 spiro atoms. The zero-order chi connectivity index (χ0) is 21.4. The Kier molecular flexibility index (Phi) is 5.38. The van der Waals surface area contributed by atoms with Crippen LogP contribution in [0.1, 0.15) is 77.1 Å². The minimum atomic E-state index is -0.197. The average Bonchev–Trinajstić information content (AvgIpc) is 3.33. The molecule has 3 aromatic heterocycles. The number of ether oxygens (including phenoxy) is 1. The molecule has 1 aliphatic rings. The van der Waals surface area contributed by atoms with Crippen LogP contribution in [0.2, 0.25) is 0 Å². The van der Waals surface area contributed by atoms with E-state index in [0.717, 1.165) is 65.6 Å². The molecule has 162 valence electrons. The zero-order valence-corrected chi connectivity index (χ0v) is 18.4. The van der Waals surface area contributed by atoms with Crippen molar-refractivity contribution in [3.63, 3.8) is 0 Å². The molecule has 0 radical (unpaired) electrons. The Morgan fingerprint density at radius 2 is 1.87 bits per heavy atom. The van der Waals surface area contributed by atoms with E-state index in [1.54, 1.807) is 0 Å². The van der Waals surface area contributed by atoms with Crippen LogP contribution in [0, 0.1) is 0 Å². The van der Waals surface area contributed by atoms with Gasteiger partial charge in [-0.3, -0.25) is 9.20 Å². The predicted octanol–water partition coefficient (Wildman–Crippen LogP) is 6.00. The summed E-state index contributed by atoms with van der Waals surface area (Å²) in [4.78, 5) is 22.6. The lowest BCUT2D eigenvalue weighted by molar-refractivity contribution is -0.134. The van der Waals surface area contributed by atoms with E-state index in [4.69, 9.17) is 14.7 Å². The van der Waals surface area contributed by atoms with Crippen LogP contribution in [0.15, 0.2) is 30.5 Å². The van der Waals surface area contributed by atoms with E-state index < -0.39 is 0 Å². The molecule has 1 fully saturated rings. The summed E-state index contributed by atoms with van der Waals surface area (Å²) in [6.07, 6.45) is 11.1. The Morgan fingerprint density at radius 1 is 1.06 bits per heavy atom. The van der Waals surface area contributed by atoms with Gasteiger partial charge in [-0.15, -0.1) is 0 Å². The summed E-state index contributed by atoms with van der Waals surface area (Å²) in [6, 6.07) is 8.55. The van der Waals surface area contributed by atoms with E-state index in [2.05, 4.69) is 22.0 Å². The molecule has 6 heteroatoms. The van der Waals surface area contributed by atoms with Gasteiger partial charge in [-0.25, -0.2) is 9.97 Å². The van der Waals surface area contributed by atoms with Gasteiger partial charge < -0.3 is 9.30 Å². The lowest BCUT2D eigenvalue weighted by Crippen LogP contribution is -2.13. The van der Waals surface area contributed by atoms with Crippen molar-refractivity contribution in [2.45, 2.75) is 77.7 Å². The van der Waals surface area contributed by atoms with Crippen molar-refractivity contribution in [2.24, 2.45) is 0 Å². The fourth-order valence-corrected chi connectivity index (χ4v) is 4.93. The molecule has 3 heterocycles. The quantitative estimate of drug-likeness (QED) is 0.360. The largest absolute Gasteiger partial charge is 0.424 e. The molecule has 31 heavy (non-hydrogen) atoms. The third-order valence-electron chi connectivity index (χ3n) is 6.37. The van der Waals surface area contributed by atoms with Crippen LogP contribution in [0.3, 0.4) is 0 Å². The van der Waals surface area contributed by atoms with Gasteiger partial charge >= 0.3 is 5.97 Å². The fraction of sp³-hybridized carbons (Fsp3) is 0.480. The number of benzene rings is 1. The Balaban J connectivity index is 1.81. The maximum absolute atomic E-state index is 12.4. The first-order valence-electron chi connectivity index (χ1n) is 11.7. The van der Waals surface area contributed by atoms with Gasteiger partial charge in [0.1, 0.15) is 16.9 Å². The van der Waals surface area contributed by atoms with Crippen LogP contribution in [-0.2, 0) is 11.2 Å². The summed E-state index contributed by atoms with van der Waals surface area (Å²) in [7, 11) is 0. The van der Waals surface area contributed by atoms with Crippen LogP contribution in [0.5, 0.6) is 5.75 Å². The highest BCUT2D eigenvalue weighted by Gasteiger charge is 2.26. The van der Waals surface area contributed by atoms with Crippen LogP contribution in [0.25, 0.3) is 27.7 Å². The SMILES string of the molecule is CCCC(=O)Oc1cn(C2CCCCC2)c2nc(CCC)n3c4ccccc4nc3c12. The predicted molar refractivity (Wildman–Crippen MR) is 123 cm³/mol. The molecule has 1 aromatic carbocycles. The highest BCUT2D eigenvalue weighted by atomic mass is 16.5. The van der Waals surface area contributed by atoms with Crippen molar-refractivity contribution in [1.29, 1.82) is 0 Å². The Labute approximate surface area is 182 Å². The molecule has 0 aliphatic heterocycles. The minimum Gasteiger partial charge on any atom is -0.424 e. The molecule has 5 rings (SSSR count). The number of rotatable bonds is 6. The van der Waals surface area contributed by atoms with Gasteiger partial charge in [-0.2, -0.15) is 0 Å². The van der Waals surface area contributed by atoms with E-state index in [1.165, 1.54) is 19.3 Å². The number of carbonyl (C=O) groups is 1. The van der Waals surface area contributed by atoms with Gasteiger partial charge in [-0.1, -0.05) is 45.2 Å². The van der Waals surface area contributed by atoms with Gasteiger partial charge in [0, 0.05) is 25.1 Å². The molecule has 1 aliphatic carbocycles. The van der Waals surface area contributed by atoms with Crippen LogP contribution >= 0.6 is 0 Å². The van der Waals surface area contributed by atoms with Crippen molar-refractivity contribution >= 4 is 33.7 Å². The third-order valence-corrected chi connectivity index (χ3v) is 6.37. The zero-order valence-electron chi connectivity index (χ0n) is 18.4. The summed E-state index contributed by atoms with van der Waals surface area (Å²) in [5.41, 5.74) is 3.72. The van der Waals surface area contributed by atoms with Gasteiger partial charge in [0.05, 0.1) is 11.0 Å². The molecule has 0 saturated heterocycles. The molecular formula is C25H30N4O2. The Bertz CT molecular complexity index is 1250. The summed E-state index contributed by atoms with van der Waals surface area (Å²) >= 11 is 0. The highest BCUT2D eigenvalue weighted by molar-refractivity contribution is 6.01. The van der Waals surface area contributed by atoms with Gasteiger partial charge in [0.2, 0.25) is 0 Å². The first-order chi connectivity index (χ1) is 15.2. The van der Waals surface area contributed by atoms with Crippen molar-refractivity contribution in [3.05, 3.63) is 36.3 Å². The molecule has 1 saturated carbocycles. The molecule has 0 unspecified atom stereocenters. The molecule has 0 bridgehead atoms. The van der Waals surface area contributed by atoms with Crippen molar-refractivity contribution in [2.75, 3.05) is 0 Å². The van der Waals surface area contributed by atoms with Crippen LogP contribution in [0.4, 0.5) is 0 Å². The number of fused-ring (bicyclic) bond motifs is 5. The van der Waals surface area contributed by atoms with E-state index in [9.17, 15) is 4.79 Å². The minimum absolute atomic E-state index is 0.197. The number of carbonyl (C=O) groups excluding carboxylic acids is 1. The smallest absolute Gasteiger partial charge is 0.311 e. The topological polar surface area (TPSA) is 61.4 Å². The normalized spacial score (nSPS) is 15.3. The molecular weight excluding hydrogens is 388 g/mol.